The van der Waals surface area contributed by atoms with Gasteiger partial charge in [0.05, 0.1) is 10.6 Å². The molecular weight excluding hydrogens is 518 g/mol. The van der Waals surface area contributed by atoms with Crippen molar-refractivity contribution in [3.63, 3.8) is 0 Å². The van der Waals surface area contributed by atoms with Crippen LogP contribution in [0.1, 0.15) is 24.2 Å². The maximum atomic E-state index is 12.4. The van der Waals surface area contributed by atoms with E-state index in [-0.39, 0.29) is 17.8 Å². The Morgan fingerprint density at radius 2 is 1.65 bits per heavy atom. The van der Waals surface area contributed by atoms with Gasteiger partial charge < -0.3 is 9.47 Å². The molecule has 0 aliphatic carbocycles. The first-order valence-electron chi connectivity index (χ1n) is 10.5. The second-order valence-electron chi connectivity index (χ2n) is 7.42. The molecule has 0 saturated heterocycles. The number of para-hydroxylation sites is 1. The summed E-state index contributed by atoms with van der Waals surface area (Å²) in [5.74, 6) is 0.317. The molecule has 0 radical (unpaired) electrons. The number of ether oxygens (including phenoxy) is 2. The van der Waals surface area contributed by atoms with Gasteiger partial charge in [0, 0.05) is 11.1 Å². The molecule has 3 N–H and O–H groups in total. The van der Waals surface area contributed by atoms with Crippen molar-refractivity contribution in [3.8, 4) is 22.6 Å². The fourth-order valence-corrected chi connectivity index (χ4v) is 3.57. The number of rotatable bonds is 7. The molecule has 0 aliphatic rings. The number of hydrogen-bond acceptors (Lipinski definition) is 5. The third-order valence-electron chi connectivity index (χ3n) is 4.43. The SMILES string of the molecule is CC(C)Oc1ccc(C(=O)NC(=S)NNC(=O)COc2ccccc2-c2ccccc2)cc1Br. The van der Waals surface area contributed by atoms with Gasteiger partial charge in [-0.1, -0.05) is 48.5 Å². The van der Waals surface area contributed by atoms with E-state index in [0.717, 1.165) is 11.1 Å². The number of thiocarbonyl (C=S) groups is 1. The summed E-state index contributed by atoms with van der Waals surface area (Å²) in [5, 5.41) is 2.45. The molecule has 0 atom stereocenters. The lowest BCUT2D eigenvalue weighted by Gasteiger charge is -2.14. The van der Waals surface area contributed by atoms with Gasteiger partial charge >= 0.3 is 0 Å². The second-order valence-corrected chi connectivity index (χ2v) is 8.68. The predicted octanol–water partition coefficient (Wildman–Crippen LogP) is 4.62. The third kappa shape index (κ3) is 7.29. The van der Waals surface area contributed by atoms with Crippen LogP contribution in [0.3, 0.4) is 0 Å². The summed E-state index contributed by atoms with van der Waals surface area (Å²) in [4.78, 5) is 24.6. The van der Waals surface area contributed by atoms with Crippen LogP contribution < -0.4 is 25.6 Å². The highest BCUT2D eigenvalue weighted by Gasteiger charge is 2.13. The molecule has 9 heteroatoms. The zero-order valence-corrected chi connectivity index (χ0v) is 21.0. The van der Waals surface area contributed by atoms with Crippen molar-refractivity contribution < 1.29 is 19.1 Å². The summed E-state index contributed by atoms with van der Waals surface area (Å²) < 4.78 is 12.0. The Balaban J connectivity index is 1.48. The van der Waals surface area contributed by atoms with Crippen molar-refractivity contribution in [2.75, 3.05) is 6.61 Å². The fraction of sp³-hybridized carbons (Fsp3) is 0.160. The third-order valence-corrected chi connectivity index (χ3v) is 5.25. The molecule has 0 bridgehead atoms. The summed E-state index contributed by atoms with van der Waals surface area (Å²) in [6, 6.07) is 22.1. The van der Waals surface area contributed by atoms with Gasteiger partial charge in [-0.3, -0.25) is 25.8 Å². The summed E-state index contributed by atoms with van der Waals surface area (Å²) in [6.45, 7) is 3.59. The maximum absolute atomic E-state index is 12.4. The van der Waals surface area contributed by atoms with Crippen LogP contribution in [0.5, 0.6) is 11.5 Å². The maximum Gasteiger partial charge on any atom is 0.276 e. The molecule has 0 fully saturated rings. The molecule has 34 heavy (non-hydrogen) atoms. The highest BCUT2D eigenvalue weighted by atomic mass is 79.9. The Labute approximate surface area is 211 Å². The van der Waals surface area contributed by atoms with E-state index in [1.165, 1.54) is 0 Å². The first-order chi connectivity index (χ1) is 16.3. The lowest BCUT2D eigenvalue weighted by atomic mass is 10.1. The van der Waals surface area contributed by atoms with Crippen LogP contribution in [-0.2, 0) is 4.79 Å². The fourth-order valence-electron chi connectivity index (χ4n) is 2.95. The van der Waals surface area contributed by atoms with Crippen LogP contribution in [-0.4, -0.2) is 29.6 Å². The first kappa shape index (κ1) is 25.2. The van der Waals surface area contributed by atoms with Crippen molar-refractivity contribution in [3.05, 3.63) is 82.8 Å². The molecule has 176 valence electrons. The van der Waals surface area contributed by atoms with Gasteiger partial charge in [0.2, 0.25) is 0 Å². The van der Waals surface area contributed by atoms with E-state index in [0.29, 0.717) is 21.5 Å². The smallest absolute Gasteiger partial charge is 0.276 e. The van der Waals surface area contributed by atoms with Gasteiger partial charge in [0.25, 0.3) is 11.8 Å². The zero-order valence-electron chi connectivity index (χ0n) is 18.6. The van der Waals surface area contributed by atoms with Crippen LogP contribution in [0.2, 0.25) is 0 Å². The van der Waals surface area contributed by atoms with Crippen LogP contribution in [0.4, 0.5) is 0 Å². The second kappa shape index (κ2) is 12.2. The number of halogens is 1. The number of benzene rings is 3. The van der Waals surface area contributed by atoms with Gasteiger partial charge in [0.15, 0.2) is 11.7 Å². The molecule has 3 aromatic carbocycles. The summed E-state index contributed by atoms with van der Waals surface area (Å²) in [5.41, 5.74) is 7.15. The molecule has 2 amide bonds. The van der Waals surface area contributed by atoms with E-state index in [1.54, 1.807) is 24.3 Å². The molecule has 0 aliphatic heterocycles. The van der Waals surface area contributed by atoms with E-state index in [9.17, 15) is 9.59 Å². The molecule has 3 aromatic rings. The first-order valence-corrected chi connectivity index (χ1v) is 11.7. The minimum Gasteiger partial charge on any atom is -0.490 e. The van der Waals surface area contributed by atoms with Gasteiger partial charge in [-0.25, -0.2) is 0 Å². The molecule has 7 nitrogen and oxygen atoms in total. The zero-order chi connectivity index (χ0) is 24.5. The van der Waals surface area contributed by atoms with E-state index < -0.39 is 11.8 Å². The standard InChI is InChI=1S/C25H24BrN3O4S/c1-16(2)33-22-13-12-18(14-20(22)26)24(31)27-25(34)29-28-23(30)15-32-21-11-7-6-10-19(21)17-8-4-3-5-9-17/h3-14,16H,15H2,1-2H3,(H,28,30)(H2,27,29,31,34). The van der Waals surface area contributed by atoms with Gasteiger partial charge in [-0.05, 0) is 71.8 Å². The number of hydrogen-bond donors (Lipinski definition) is 3. The molecule has 0 spiro atoms. The Bertz CT molecular complexity index is 1170. The highest BCUT2D eigenvalue weighted by Crippen LogP contribution is 2.29. The van der Waals surface area contributed by atoms with Crippen LogP contribution in [0, 0.1) is 0 Å². The van der Waals surface area contributed by atoms with Crippen molar-refractivity contribution in [1.29, 1.82) is 0 Å². The lowest BCUT2D eigenvalue weighted by molar-refractivity contribution is -0.123. The van der Waals surface area contributed by atoms with E-state index in [4.69, 9.17) is 21.7 Å². The van der Waals surface area contributed by atoms with Crippen molar-refractivity contribution in [2.45, 2.75) is 20.0 Å². The topological polar surface area (TPSA) is 88.7 Å². The number of amides is 2. The Hall–Kier alpha value is -3.43. The molecular formula is C25H24BrN3O4S. The number of carbonyl (C=O) groups excluding carboxylic acids is 2. The number of hydrazine groups is 1. The lowest BCUT2D eigenvalue weighted by Crippen LogP contribution is -2.49. The number of carbonyl (C=O) groups is 2. The van der Waals surface area contributed by atoms with Gasteiger partial charge in [-0.15, -0.1) is 0 Å². The van der Waals surface area contributed by atoms with E-state index in [1.807, 2.05) is 62.4 Å². The normalized spacial score (nSPS) is 10.4. The van der Waals surface area contributed by atoms with Crippen molar-refractivity contribution in [2.24, 2.45) is 0 Å². The molecule has 0 unspecified atom stereocenters. The Morgan fingerprint density at radius 3 is 2.35 bits per heavy atom. The summed E-state index contributed by atoms with van der Waals surface area (Å²) in [7, 11) is 0. The number of nitrogens with one attached hydrogen (secondary N) is 3. The van der Waals surface area contributed by atoms with Crippen LogP contribution in [0.15, 0.2) is 77.3 Å². The van der Waals surface area contributed by atoms with Crippen molar-refractivity contribution >= 4 is 45.1 Å². The Kier molecular flexibility index (Phi) is 9.00. The quantitative estimate of drug-likeness (QED) is 0.299. The van der Waals surface area contributed by atoms with Crippen LogP contribution in [0.25, 0.3) is 11.1 Å². The largest absolute Gasteiger partial charge is 0.490 e. The average molecular weight is 542 g/mol. The molecule has 3 rings (SSSR count). The van der Waals surface area contributed by atoms with Gasteiger partial charge in [0.1, 0.15) is 11.5 Å². The minimum atomic E-state index is -0.461. The molecule has 0 heterocycles. The van der Waals surface area contributed by atoms with E-state index in [2.05, 4.69) is 32.1 Å². The monoisotopic (exact) mass is 541 g/mol. The molecule has 0 aromatic heterocycles. The van der Waals surface area contributed by atoms with Gasteiger partial charge in [-0.2, -0.15) is 0 Å². The van der Waals surface area contributed by atoms with Crippen molar-refractivity contribution in [1.82, 2.24) is 16.2 Å². The average Bonchev–Trinajstić information content (AvgIpc) is 2.83. The summed E-state index contributed by atoms with van der Waals surface area (Å²) >= 11 is 8.48. The molecule has 0 saturated carbocycles. The minimum absolute atomic E-state index is 0.00663. The Morgan fingerprint density at radius 1 is 0.941 bits per heavy atom. The highest BCUT2D eigenvalue weighted by molar-refractivity contribution is 9.10. The predicted molar refractivity (Wildman–Crippen MR) is 139 cm³/mol. The summed E-state index contributed by atoms with van der Waals surface area (Å²) in [6.07, 6.45) is 0.00663. The van der Waals surface area contributed by atoms with E-state index >= 15 is 0 Å². The van der Waals surface area contributed by atoms with Crippen LogP contribution >= 0.6 is 28.1 Å².